The van der Waals surface area contributed by atoms with Crippen LogP contribution in [-0.4, -0.2) is 25.0 Å². The zero-order valence-electron chi connectivity index (χ0n) is 16.7. The fourth-order valence-electron chi connectivity index (χ4n) is 2.74. The lowest BCUT2D eigenvalue weighted by atomic mass is 9.82. The van der Waals surface area contributed by atoms with Crippen LogP contribution in [0.3, 0.4) is 0 Å². The Morgan fingerprint density at radius 2 is 1.89 bits per heavy atom. The van der Waals surface area contributed by atoms with Gasteiger partial charge in [-0.15, -0.1) is 0 Å². The van der Waals surface area contributed by atoms with Crippen LogP contribution in [0.15, 0.2) is 52.2 Å². The Bertz CT molecular complexity index is 861. The number of ether oxygens (including phenoxy) is 2. The number of allylic oxidation sites excluding steroid dienone is 2. The highest BCUT2D eigenvalue weighted by molar-refractivity contribution is 8.02. The number of thioether (sulfide) groups is 1. The molecule has 0 bridgehead atoms. The molecule has 1 aromatic rings. The van der Waals surface area contributed by atoms with Crippen LogP contribution in [0.5, 0.6) is 0 Å². The highest BCUT2D eigenvalue weighted by Crippen LogP contribution is 2.40. The van der Waals surface area contributed by atoms with Crippen LogP contribution in [-0.2, 0) is 19.1 Å². The molecule has 0 aromatic heterocycles. The summed E-state index contributed by atoms with van der Waals surface area (Å²) in [6, 6.07) is 11.5. The fourth-order valence-corrected chi connectivity index (χ4v) is 3.57. The lowest BCUT2D eigenvalue weighted by Gasteiger charge is -2.29. The summed E-state index contributed by atoms with van der Waals surface area (Å²) >= 11 is 1.21. The van der Waals surface area contributed by atoms with E-state index in [0.29, 0.717) is 21.9 Å². The summed E-state index contributed by atoms with van der Waals surface area (Å²) in [6.45, 7) is 7.09. The molecular formula is C21H24N2O4S. The molecule has 0 fully saturated rings. The van der Waals surface area contributed by atoms with Crippen LogP contribution in [0.25, 0.3) is 0 Å². The molecule has 1 heterocycles. The summed E-state index contributed by atoms with van der Waals surface area (Å²) in [5.74, 6) is -1.31. The van der Waals surface area contributed by atoms with Gasteiger partial charge in [-0.1, -0.05) is 42.1 Å². The molecule has 0 aliphatic carbocycles. The van der Waals surface area contributed by atoms with Gasteiger partial charge in [0.05, 0.1) is 40.7 Å². The molecule has 0 radical (unpaired) electrons. The Morgan fingerprint density at radius 3 is 2.43 bits per heavy atom. The highest BCUT2D eigenvalue weighted by Gasteiger charge is 2.35. The molecule has 0 saturated heterocycles. The van der Waals surface area contributed by atoms with Gasteiger partial charge >= 0.3 is 11.9 Å². The van der Waals surface area contributed by atoms with Crippen molar-refractivity contribution in [1.29, 1.82) is 5.26 Å². The molecule has 1 aliphatic rings. The molecule has 7 heteroatoms. The zero-order chi connectivity index (χ0) is 20.9. The summed E-state index contributed by atoms with van der Waals surface area (Å²) in [4.78, 5) is 24.4. The van der Waals surface area contributed by atoms with Gasteiger partial charge in [-0.25, -0.2) is 4.79 Å². The standard InChI is InChI=1S/C21H24N2O4S/c1-13-16(19(24)26-5)17(14-9-7-6-8-10-14)15(11-22)18(23-13)28-12-27-20(25)21(2,3)4/h6-10,17,23H,12H2,1-5H3. The van der Waals surface area contributed by atoms with E-state index in [1.54, 1.807) is 27.7 Å². The Kier molecular flexibility index (Phi) is 6.92. The Hall–Kier alpha value is -2.72. The average Bonchev–Trinajstić information content (AvgIpc) is 2.66. The van der Waals surface area contributed by atoms with Crippen molar-refractivity contribution in [1.82, 2.24) is 5.32 Å². The van der Waals surface area contributed by atoms with Crippen molar-refractivity contribution in [3.63, 3.8) is 0 Å². The maximum Gasteiger partial charge on any atom is 0.336 e. The summed E-state index contributed by atoms with van der Waals surface area (Å²) in [5, 5.41) is 13.5. The second kappa shape index (κ2) is 8.98. The minimum atomic E-state index is -0.604. The molecule has 6 nitrogen and oxygen atoms in total. The second-order valence-corrected chi connectivity index (χ2v) is 8.23. The number of dihydropyridines is 1. The van der Waals surface area contributed by atoms with Crippen molar-refractivity contribution in [3.8, 4) is 6.07 Å². The third-order valence-electron chi connectivity index (χ3n) is 4.19. The van der Waals surface area contributed by atoms with E-state index in [4.69, 9.17) is 9.47 Å². The summed E-state index contributed by atoms with van der Waals surface area (Å²) in [5.41, 5.74) is 1.58. The first kappa shape index (κ1) is 21.6. The van der Waals surface area contributed by atoms with E-state index in [-0.39, 0.29) is 11.9 Å². The zero-order valence-corrected chi connectivity index (χ0v) is 17.5. The monoisotopic (exact) mass is 400 g/mol. The van der Waals surface area contributed by atoms with E-state index in [1.807, 2.05) is 30.3 Å². The van der Waals surface area contributed by atoms with Gasteiger partial charge < -0.3 is 14.8 Å². The minimum Gasteiger partial charge on any atom is -0.466 e. The first-order chi connectivity index (χ1) is 13.2. The first-order valence-electron chi connectivity index (χ1n) is 8.76. The molecule has 148 valence electrons. The van der Waals surface area contributed by atoms with Crippen molar-refractivity contribution in [2.24, 2.45) is 5.41 Å². The number of carbonyl (C=O) groups is 2. The molecular weight excluding hydrogens is 376 g/mol. The Morgan fingerprint density at radius 1 is 1.25 bits per heavy atom. The molecule has 1 atom stereocenters. The van der Waals surface area contributed by atoms with Gasteiger partial charge in [-0.05, 0) is 33.3 Å². The number of carbonyl (C=O) groups excluding carboxylic acids is 2. The number of hydrogen-bond acceptors (Lipinski definition) is 7. The third-order valence-corrected chi connectivity index (χ3v) is 5.04. The van der Waals surface area contributed by atoms with E-state index < -0.39 is 17.3 Å². The van der Waals surface area contributed by atoms with E-state index >= 15 is 0 Å². The number of nitrogens with one attached hydrogen (secondary N) is 1. The van der Waals surface area contributed by atoms with Crippen LogP contribution in [0.4, 0.5) is 0 Å². The quantitative estimate of drug-likeness (QED) is 0.593. The summed E-state index contributed by atoms with van der Waals surface area (Å²) in [7, 11) is 1.32. The maximum atomic E-state index is 12.4. The van der Waals surface area contributed by atoms with E-state index in [9.17, 15) is 14.9 Å². The predicted molar refractivity (Wildman–Crippen MR) is 108 cm³/mol. The van der Waals surface area contributed by atoms with E-state index in [2.05, 4.69) is 11.4 Å². The fraction of sp³-hybridized carbons (Fsp3) is 0.381. The Labute approximate surface area is 169 Å². The topological polar surface area (TPSA) is 88.4 Å². The van der Waals surface area contributed by atoms with Crippen molar-refractivity contribution >= 4 is 23.7 Å². The number of nitrogens with zero attached hydrogens (tertiary/aromatic N) is 1. The smallest absolute Gasteiger partial charge is 0.336 e. The number of rotatable bonds is 5. The van der Waals surface area contributed by atoms with Gasteiger partial charge in [0.2, 0.25) is 0 Å². The SMILES string of the molecule is COC(=O)C1=C(C)NC(SCOC(=O)C(C)(C)C)=C(C#N)C1c1ccccc1. The van der Waals surface area contributed by atoms with Gasteiger partial charge in [-0.2, -0.15) is 5.26 Å². The van der Waals surface area contributed by atoms with Crippen molar-refractivity contribution in [2.45, 2.75) is 33.6 Å². The van der Waals surface area contributed by atoms with Gasteiger partial charge in [-0.3, -0.25) is 4.79 Å². The predicted octanol–water partition coefficient (Wildman–Crippen LogP) is 3.84. The van der Waals surface area contributed by atoms with Crippen LogP contribution in [0.2, 0.25) is 0 Å². The van der Waals surface area contributed by atoms with Gasteiger partial charge in [0.1, 0.15) is 5.94 Å². The normalized spacial score (nSPS) is 16.9. The summed E-state index contributed by atoms with van der Waals surface area (Å²) in [6.07, 6.45) is 0. The number of hydrogen-bond donors (Lipinski definition) is 1. The van der Waals surface area contributed by atoms with E-state index in [0.717, 1.165) is 5.56 Å². The van der Waals surface area contributed by atoms with E-state index in [1.165, 1.54) is 18.9 Å². The number of benzene rings is 1. The number of nitriles is 1. The molecule has 0 spiro atoms. The molecule has 28 heavy (non-hydrogen) atoms. The molecule has 1 N–H and O–H groups in total. The average molecular weight is 401 g/mol. The number of methoxy groups -OCH3 is 1. The molecule has 2 rings (SSSR count). The van der Waals surface area contributed by atoms with Crippen molar-refractivity contribution < 1.29 is 19.1 Å². The molecule has 1 aliphatic heterocycles. The van der Waals surface area contributed by atoms with Crippen LogP contribution in [0, 0.1) is 16.7 Å². The van der Waals surface area contributed by atoms with Crippen molar-refractivity contribution in [2.75, 3.05) is 13.0 Å². The van der Waals surface area contributed by atoms with Gasteiger partial charge in [0.25, 0.3) is 0 Å². The second-order valence-electron chi connectivity index (χ2n) is 7.30. The largest absolute Gasteiger partial charge is 0.466 e. The van der Waals surface area contributed by atoms with Gasteiger partial charge in [0, 0.05) is 5.70 Å². The molecule has 0 amide bonds. The summed E-state index contributed by atoms with van der Waals surface area (Å²) < 4.78 is 10.3. The van der Waals surface area contributed by atoms with Gasteiger partial charge in [0.15, 0.2) is 0 Å². The number of esters is 2. The van der Waals surface area contributed by atoms with Crippen molar-refractivity contribution in [3.05, 3.63) is 57.8 Å². The third kappa shape index (κ3) is 4.76. The first-order valence-corrected chi connectivity index (χ1v) is 9.74. The van der Waals surface area contributed by atoms with Crippen LogP contribution >= 0.6 is 11.8 Å². The maximum absolute atomic E-state index is 12.4. The van der Waals surface area contributed by atoms with Crippen LogP contribution < -0.4 is 5.32 Å². The lowest BCUT2D eigenvalue weighted by Crippen LogP contribution is -2.29. The molecule has 0 saturated carbocycles. The van der Waals surface area contributed by atoms with Crippen LogP contribution in [0.1, 0.15) is 39.2 Å². The Balaban J connectivity index is 2.38. The minimum absolute atomic E-state index is 0.0615. The molecule has 1 unspecified atom stereocenters. The lowest BCUT2D eigenvalue weighted by molar-refractivity contribution is -0.150. The highest BCUT2D eigenvalue weighted by atomic mass is 32.2. The molecule has 1 aromatic carbocycles.